The van der Waals surface area contributed by atoms with Gasteiger partial charge in [-0.15, -0.1) is 0 Å². The standard InChI is InChI=1S/C14H19F4NO/c1-10-8-11(14(16,17)18)4-5-12(10)13(15,9-20-2)6-3-7-19/h4-5,8H,3,6-7,9,19H2,1-2H3. The predicted octanol–water partition coefficient (Wildman–Crippen LogP) is 3.56. The molecule has 1 rings (SSSR count). The number of hydrogen-bond acceptors (Lipinski definition) is 2. The van der Waals surface area contributed by atoms with Crippen molar-refractivity contribution in [2.75, 3.05) is 20.3 Å². The number of alkyl halides is 4. The second kappa shape index (κ2) is 6.54. The molecule has 0 amide bonds. The fourth-order valence-electron chi connectivity index (χ4n) is 2.24. The number of rotatable bonds is 6. The molecule has 0 radical (unpaired) electrons. The summed E-state index contributed by atoms with van der Waals surface area (Å²) >= 11 is 0. The SMILES string of the molecule is COCC(F)(CCCN)c1ccc(C(F)(F)F)cc1C. The molecule has 2 N–H and O–H groups in total. The summed E-state index contributed by atoms with van der Waals surface area (Å²) in [6, 6.07) is 3.05. The van der Waals surface area contributed by atoms with Crippen LogP contribution in [-0.2, 0) is 16.6 Å². The van der Waals surface area contributed by atoms with Crippen molar-refractivity contribution in [2.24, 2.45) is 5.73 Å². The first-order valence-corrected chi connectivity index (χ1v) is 6.31. The molecule has 0 heterocycles. The van der Waals surface area contributed by atoms with E-state index < -0.39 is 17.4 Å². The van der Waals surface area contributed by atoms with E-state index in [9.17, 15) is 17.6 Å². The zero-order valence-electron chi connectivity index (χ0n) is 11.6. The normalized spacial score (nSPS) is 15.2. The van der Waals surface area contributed by atoms with E-state index in [1.807, 2.05) is 0 Å². The third kappa shape index (κ3) is 3.93. The summed E-state index contributed by atoms with van der Waals surface area (Å²) in [5.41, 5.74) is 3.26. The van der Waals surface area contributed by atoms with Crippen molar-refractivity contribution in [3.63, 3.8) is 0 Å². The molecule has 1 atom stereocenters. The minimum Gasteiger partial charge on any atom is -0.381 e. The maximum atomic E-state index is 14.9. The molecule has 6 heteroatoms. The molecule has 0 saturated carbocycles. The van der Waals surface area contributed by atoms with Crippen molar-refractivity contribution >= 4 is 0 Å². The minimum absolute atomic E-state index is 0.115. The van der Waals surface area contributed by atoms with Gasteiger partial charge in [-0.25, -0.2) is 4.39 Å². The molecular weight excluding hydrogens is 274 g/mol. The van der Waals surface area contributed by atoms with Crippen LogP contribution in [-0.4, -0.2) is 20.3 Å². The van der Waals surface area contributed by atoms with E-state index in [1.54, 1.807) is 0 Å². The lowest BCUT2D eigenvalue weighted by atomic mass is 9.87. The number of hydrogen-bond donors (Lipinski definition) is 1. The lowest BCUT2D eigenvalue weighted by Gasteiger charge is -2.27. The molecule has 2 nitrogen and oxygen atoms in total. The monoisotopic (exact) mass is 293 g/mol. The summed E-state index contributed by atoms with van der Waals surface area (Å²) in [4.78, 5) is 0. The van der Waals surface area contributed by atoms with Gasteiger partial charge in [-0.3, -0.25) is 0 Å². The van der Waals surface area contributed by atoms with Crippen molar-refractivity contribution in [3.05, 3.63) is 34.9 Å². The fourth-order valence-corrected chi connectivity index (χ4v) is 2.24. The van der Waals surface area contributed by atoms with Crippen LogP contribution in [0.4, 0.5) is 17.6 Å². The highest BCUT2D eigenvalue weighted by molar-refractivity contribution is 5.36. The van der Waals surface area contributed by atoms with E-state index in [-0.39, 0.29) is 24.2 Å². The number of halogens is 4. The Balaban J connectivity index is 3.15. The summed E-state index contributed by atoms with van der Waals surface area (Å²) in [5.74, 6) is 0. The van der Waals surface area contributed by atoms with Gasteiger partial charge < -0.3 is 10.5 Å². The molecule has 0 aliphatic heterocycles. The highest BCUT2D eigenvalue weighted by Gasteiger charge is 2.35. The number of ether oxygens (including phenoxy) is 1. The van der Waals surface area contributed by atoms with Crippen molar-refractivity contribution in [3.8, 4) is 0 Å². The van der Waals surface area contributed by atoms with Gasteiger partial charge in [0.25, 0.3) is 0 Å². The summed E-state index contributed by atoms with van der Waals surface area (Å²) in [7, 11) is 1.36. The van der Waals surface area contributed by atoms with Crippen molar-refractivity contribution in [1.82, 2.24) is 0 Å². The number of aryl methyl sites for hydroxylation is 1. The second-order valence-electron chi connectivity index (χ2n) is 4.82. The van der Waals surface area contributed by atoms with E-state index in [4.69, 9.17) is 10.5 Å². The van der Waals surface area contributed by atoms with Crippen LogP contribution in [0, 0.1) is 6.92 Å². The van der Waals surface area contributed by atoms with Crippen LogP contribution in [0.2, 0.25) is 0 Å². The average Bonchev–Trinajstić information content (AvgIpc) is 2.35. The van der Waals surface area contributed by atoms with Gasteiger partial charge in [0.2, 0.25) is 0 Å². The van der Waals surface area contributed by atoms with E-state index in [0.717, 1.165) is 12.1 Å². The van der Waals surface area contributed by atoms with Crippen molar-refractivity contribution in [1.29, 1.82) is 0 Å². The van der Waals surface area contributed by atoms with Crippen LogP contribution < -0.4 is 5.73 Å². The molecule has 0 spiro atoms. The third-order valence-corrected chi connectivity index (χ3v) is 3.19. The first kappa shape index (κ1) is 16.9. The first-order chi connectivity index (χ1) is 9.24. The zero-order valence-corrected chi connectivity index (χ0v) is 11.6. The molecule has 20 heavy (non-hydrogen) atoms. The molecule has 0 aliphatic carbocycles. The molecule has 1 aromatic carbocycles. The van der Waals surface area contributed by atoms with Gasteiger partial charge in [0.1, 0.15) is 0 Å². The Hall–Kier alpha value is -1.14. The molecule has 114 valence electrons. The molecule has 0 aliphatic rings. The Morgan fingerprint density at radius 1 is 1.20 bits per heavy atom. The van der Waals surface area contributed by atoms with Crippen LogP contribution in [0.25, 0.3) is 0 Å². The van der Waals surface area contributed by atoms with E-state index in [0.29, 0.717) is 13.0 Å². The second-order valence-corrected chi connectivity index (χ2v) is 4.82. The van der Waals surface area contributed by atoms with Gasteiger partial charge in [0.15, 0.2) is 5.67 Å². The Labute approximate surface area is 115 Å². The molecular formula is C14H19F4NO. The molecule has 0 bridgehead atoms. The van der Waals surface area contributed by atoms with Gasteiger partial charge in [0, 0.05) is 7.11 Å². The van der Waals surface area contributed by atoms with Crippen molar-refractivity contribution < 1.29 is 22.3 Å². The van der Waals surface area contributed by atoms with Gasteiger partial charge >= 0.3 is 6.18 Å². The topological polar surface area (TPSA) is 35.2 Å². The Kier molecular flexibility index (Phi) is 5.53. The predicted molar refractivity (Wildman–Crippen MR) is 69.1 cm³/mol. The van der Waals surface area contributed by atoms with E-state index >= 15 is 0 Å². The van der Waals surface area contributed by atoms with Crippen LogP contribution >= 0.6 is 0 Å². The molecule has 0 aromatic heterocycles. The van der Waals surface area contributed by atoms with Crippen molar-refractivity contribution in [2.45, 2.75) is 31.6 Å². The number of benzene rings is 1. The lowest BCUT2D eigenvalue weighted by Crippen LogP contribution is -2.28. The van der Waals surface area contributed by atoms with E-state index in [2.05, 4.69) is 0 Å². The summed E-state index contributed by atoms with van der Waals surface area (Å²) in [6.45, 7) is 1.57. The number of methoxy groups -OCH3 is 1. The zero-order chi connectivity index (χ0) is 15.4. The Morgan fingerprint density at radius 2 is 1.85 bits per heavy atom. The van der Waals surface area contributed by atoms with Gasteiger partial charge in [-0.2, -0.15) is 13.2 Å². The minimum atomic E-state index is -4.43. The van der Waals surface area contributed by atoms with Gasteiger partial charge in [0.05, 0.1) is 12.2 Å². The molecule has 0 saturated heterocycles. The average molecular weight is 293 g/mol. The quantitative estimate of drug-likeness (QED) is 0.814. The lowest BCUT2D eigenvalue weighted by molar-refractivity contribution is -0.137. The Bertz CT molecular complexity index is 447. The van der Waals surface area contributed by atoms with E-state index in [1.165, 1.54) is 20.1 Å². The summed E-state index contributed by atoms with van der Waals surface area (Å²) in [5, 5.41) is 0. The van der Waals surface area contributed by atoms with Gasteiger partial charge in [-0.1, -0.05) is 6.07 Å². The smallest absolute Gasteiger partial charge is 0.381 e. The fraction of sp³-hybridized carbons (Fsp3) is 0.571. The van der Waals surface area contributed by atoms with Crippen LogP contribution in [0.15, 0.2) is 18.2 Å². The van der Waals surface area contributed by atoms with Crippen LogP contribution in [0.1, 0.15) is 29.5 Å². The Morgan fingerprint density at radius 3 is 2.30 bits per heavy atom. The first-order valence-electron chi connectivity index (χ1n) is 6.31. The molecule has 0 fully saturated rings. The van der Waals surface area contributed by atoms with Crippen LogP contribution in [0.3, 0.4) is 0 Å². The maximum Gasteiger partial charge on any atom is 0.416 e. The molecule has 1 aromatic rings. The number of nitrogens with two attached hydrogens (primary N) is 1. The highest BCUT2D eigenvalue weighted by Crippen LogP contribution is 2.37. The summed E-state index contributed by atoms with van der Waals surface area (Å²) in [6.07, 6.45) is -3.88. The van der Waals surface area contributed by atoms with Gasteiger partial charge in [-0.05, 0) is 49.6 Å². The maximum absolute atomic E-state index is 14.9. The molecule has 1 unspecified atom stereocenters. The largest absolute Gasteiger partial charge is 0.416 e. The summed E-state index contributed by atoms with van der Waals surface area (Å²) < 4.78 is 57.6. The third-order valence-electron chi connectivity index (χ3n) is 3.19. The highest BCUT2D eigenvalue weighted by atomic mass is 19.4. The van der Waals surface area contributed by atoms with Crippen LogP contribution in [0.5, 0.6) is 0 Å².